The lowest BCUT2D eigenvalue weighted by Gasteiger charge is -2.11. The maximum Gasteiger partial charge on any atom is 0.338 e. The summed E-state index contributed by atoms with van der Waals surface area (Å²) in [5, 5.41) is 0.496. The van der Waals surface area contributed by atoms with E-state index in [0.29, 0.717) is 34.6 Å². The molecule has 0 saturated heterocycles. The van der Waals surface area contributed by atoms with E-state index in [-0.39, 0.29) is 17.9 Å². The first-order valence-electron chi connectivity index (χ1n) is 11.4. The number of fused-ring (bicyclic) bond motifs is 2. The van der Waals surface area contributed by atoms with Crippen molar-refractivity contribution < 1.29 is 14.3 Å². The first-order chi connectivity index (χ1) is 15.4. The van der Waals surface area contributed by atoms with Crippen molar-refractivity contribution in [1.82, 2.24) is 14.1 Å². The monoisotopic (exact) mass is 433 g/mol. The van der Waals surface area contributed by atoms with E-state index in [9.17, 15) is 14.4 Å². The number of carbonyl (C=O) groups excluding carboxylic acids is 2. The van der Waals surface area contributed by atoms with E-state index in [1.807, 2.05) is 19.9 Å². The number of esters is 1. The van der Waals surface area contributed by atoms with Crippen molar-refractivity contribution in [1.29, 1.82) is 0 Å². The number of rotatable bonds is 5. The highest BCUT2D eigenvalue weighted by Crippen LogP contribution is 2.38. The summed E-state index contributed by atoms with van der Waals surface area (Å²) in [5.74, 6) is -0.0272. The molecule has 0 bridgehead atoms. The molecule has 3 aromatic rings. The number of carbonyl (C=O) groups is 2. The molecular formula is C25H27N3O4. The van der Waals surface area contributed by atoms with Crippen LogP contribution in [0.25, 0.3) is 10.9 Å². The van der Waals surface area contributed by atoms with E-state index < -0.39 is 5.97 Å². The number of nitrogens with zero attached hydrogens (tertiary/aromatic N) is 3. The van der Waals surface area contributed by atoms with E-state index in [0.717, 1.165) is 55.7 Å². The van der Waals surface area contributed by atoms with Gasteiger partial charge in [-0.15, -0.1) is 0 Å². The molecule has 1 aliphatic carbocycles. The Balaban J connectivity index is 1.34. The molecule has 1 aromatic carbocycles. The van der Waals surface area contributed by atoms with Crippen molar-refractivity contribution in [3.8, 4) is 0 Å². The fourth-order valence-electron chi connectivity index (χ4n) is 4.79. The first-order valence-corrected chi connectivity index (χ1v) is 11.4. The van der Waals surface area contributed by atoms with Crippen molar-refractivity contribution in [2.45, 2.75) is 65.0 Å². The minimum Gasteiger partial charge on any atom is -0.454 e. The van der Waals surface area contributed by atoms with Crippen LogP contribution >= 0.6 is 0 Å². The van der Waals surface area contributed by atoms with Crippen LogP contribution in [0.1, 0.15) is 76.1 Å². The fourth-order valence-corrected chi connectivity index (χ4v) is 4.79. The Labute approximate surface area is 186 Å². The molecule has 3 heterocycles. The minimum atomic E-state index is -0.590. The molecule has 0 N–H and O–H groups in total. The maximum absolute atomic E-state index is 12.9. The molecule has 0 unspecified atom stereocenters. The second-order valence-corrected chi connectivity index (χ2v) is 8.91. The summed E-state index contributed by atoms with van der Waals surface area (Å²) in [5.41, 5.74) is 3.33. The summed E-state index contributed by atoms with van der Waals surface area (Å²) in [6.45, 7) is 4.31. The smallest absolute Gasteiger partial charge is 0.338 e. The van der Waals surface area contributed by atoms with Crippen LogP contribution in [0.15, 0.2) is 29.1 Å². The van der Waals surface area contributed by atoms with Crippen LogP contribution in [0, 0.1) is 13.8 Å². The highest BCUT2D eigenvalue weighted by molar-refractivity contribution is 6.01. The van der Waals surface area contributed by atoms with Gasteiger partial charge in [-0.25, -0.2) is 9.78 Å². The molecule has 1 saturated carbocycles. The fraction of sp³-hybridized carbons (Fsp3) is 0.440. The largest absolute Gasteiger partial charge is 0.454 e. The van der Waals surface area contributed by atoms with Gasteiger partial charge in [-0.3, -0.25) is 14.2 Å². The zero-order valence-corrected chi connectivity index (χ0v) is 18.5. The Morgan fingerprint density at radius 2 is 1.94 bits per heavy atom. The van der Waals surface area contributed by atoms with Crippen molar-refractivity contribution in [2.24, 2.45) is 0 Å². The number of benzene rings is 1. The topological polar surface area (TPSA) is 83.2 Å². The molecule has 0 amide bonds. The Bertz CT molecular complexity index is 1300. The molecule has 1 fully saturated rings. The van der Waals surface area contributed by atoms with Gasteiger partial charge in [-0.1, -0.05) is 6.42 Å². The zero-order valence-electron chi connectivity index (χ0n) is 18.5. The van der Waals surface area contributed by atoms with Crippen LogP contribution in [0.5, 0.6) is 0 Å². The van der Waals surface area contributed by atoms with Gasteiger partial charge < -0.3 is 9.30 Å². The van der Waals surface area contributed by atoms with Crippen molar-refractivity contribution in [3.63, 3.8) is 0 Å². The van der Waals surface area contributed by atoms with Crippen LogP contribution < -0.4 is 5.56 Å². The average molecular weight is 434 g/mol. The molecule has 0 spiro atoms. The van der Waals surface area contributed by atoms with Gasteiger partial charge in [0, 0.05) is 36.0 Å². The molecule has 1 aliphatic heterocycles. The van der Waals surface area contributed by atoms with Crippen LogP contribution in [0.4, 0.5) is 0 Å². The first kappa shape index (κ1) is 20.7. The molecule has 7 heteroatoms. The Morgan fingerprint density at radius 1 is 1.12 bits per heavy atom. The molecule has 5 rings (SSSR count). The SMILES string of the molecule is Cc1cc(C(=O)COC(=O)c2ccc3c(=O)n4c(nc3c2)CCCCC4)c(C)n1C1CC1. The summed E-state index contributed by atoms with van der Waals surface area (Å²) in [6, 6.07) is 7.16. The van der Waals surface area contributed by atoms with Gasteiger partial charge >= 0.3 is 5.97 Å². The second-order valence-electron chi connectivity index (χ2n) is 8.91. The highest BCUT2D eigenvalue weighted by Gasteiger charge is 2.28. The van der Waals surface area contributed by atoms with E-state index in [1.165, 1.54) is 0 Å². The predicted molar refractivity (Wildman–Crippen MR) is 120 cm³/mol. The summed E-state index contributed by atoms with van der Waals surface area (Å²) in [6.07, 6.45) is 6.09. The highest BCUT2D eigenvalue weighted by atomic mass is 16.5. The number of aryl methyl sites for hydroxylation is 2. The molecule has 32 heavy (non-hydrogen) atoms. The van der Waals surface area contributed by atoms with Crippen LogP contribution in [0.3, 0.4) is 0 Å². The van der Waals surface area contributed by atoms with E-state index >= 15 is 0 Å². The molecule has 2 aromatic heterocycles. The summed E-state index contributed by atoms with van der Waals surface area (Å²) in [7, 11) is 0. The van der Waals surface area contributed by atoms with Crippen molar-refractivity contribution in [3.05, 3.63) is 63.0 Å². The lowest BCUT2D eigenvalue weighted by Crippen LogP contribution is -2.24. The van der Waals surface area contributed by atoms with Gasteiger partial charge in [0.15, 0.2) is 6.61 Å². The lowest BCUT2D eigenvalue weighted by atomic mass is 10.1. The van der Waals surface area contributed by atoms with E-state index in [2.05, 4.69) is 9.55 Å². The number of aromatic nitrogens is 3. The summed E-state index contributed by atoms with van der Waals surface area (Å²) >= 11 is 0. The van der Waals surface area contributed by atoms with Crippen LogP contribution in [0.2, 0.25) is 0 Å². The molecule has 0 radical (unpaired) electrons. The van der Waals surface area contributed by atoms with Gasteiger partial charge in [-0.2, -0.15) is 0 Å². The molecule has 166 valence electrons. The van der Waals surface area contributed by atoms with Crippen molar-refractivity contribution >= 4 is 22.7 Å². The Hall–Kier alpha value is -3.22. The van der Waals surface area contributed by atoms with Gasteiger partial charge in [0.1, 0.15) is 5.82 Å². The van der Waals surface area contributed by atoms with E-state index in [4.69, 9.17) is 4.74 Å². The lowest BCUT2D eigenvalue weighted by molar-refractivity contribution is 0.0474. The van der Waals surface area contributed by atoms with Gasteiger partial charge in [0.05, 0.1) is 16.5 Å². The third-order valence-electron chi connectivity index (χ3n) is 6.58. The standard InChI is InChI=1S/C25H27N3O4/c1-15-12-20(16(2)28(15)18-8-9-18)22(29)14-32-25(31)17-7-10-19-21(13-17)26-23-6-4-3-5-11-27(23)24(19)30/h7,10,12-13,18H,3-6,8-9,11,14H2,1-2H3. The normalized spacial score (nSPS) is 15.9. The van der Waals surface area contributed by atoms with Gasteiger partial charge in [0.25, 0.3) is 5.56 Å². The van der Waals surface area contributed by atoms with E-state index in [1.54, 1.807) is 22.8 Å². The maximum atomic E-state index is 12.9. The van der Waals surface area contributed by atoms with Gasteiger partial charge in [-0.05, 0) is 63.8 Å². The van der Waals surface area contributed by atoms with Crippen LogP contribution in [-0.2, 0) is 17.7 Å². The Kier molecular flexibility index (Phi) is 5.19. The molecule has 7 nitrogen and oxygen atoms in total. The second kappa shape index (κ2) is 8.04. The predicted octanol–water partition coefficient (Wildman–Crippen LogP) is 3.92. The quantitative estimate of drug-likeness (QED) is 0.450. The summed E-state index contributed by atoms with van der Waals surface area (Å²) in [4.78, 5) is 42.9. The van der Waals surface area contributed by atoms with Crippen LogP contribution in [-0.4, -0.2) is 32.5 Å². The third kappa shape index (κ3) is 3.66. The summed E-state index contributed by atoms with van der Waals surface area (Å²) < 4.78 is 9.28. The molecule has 2 aliphatic rings. The van der Waals surface area contributed by atoms with Crippen molar-refractivity contribution in [2.75, 3.05) is 6.61 Å². The molecular weight excluding hydrogens is 406 g/mol. The number of ketones is 1. The third-order valence-corrected chi connectivity index (χ3v) is 6.58. The number of ether oxygens (including phenoxy) is 1. The number of hydrogen-bond donors (Lipinski definition) is 0. The number of hydrogen-bond acceptors (Lipinski definition) is 5. The van der Waals surface area contributed by atoms with Gasteiger partial charge in [0.2, 0.25) is 5.78 Å². The average Bonchev–Trinajstić information content (AvgIpc) is 3.59. The molecule has 0 atom stereocenters. The Morgan fingerprint density at radius 3 is 2.72 bits per heavy atom. The number of Topliss-reactive ketones (excluding diaryl/α,β-unsaturated/α-hetero) is 1. The zero-order chi connectivity index (χ0) is 22.4. The minimum absolute atomic E-state index is 0.0620.